The third-order valence-corrected chi connectivity index (χ3v) is 5.67. The SMILES string of the molecule is Cc1ccc(S(=O)(=O)N2CCCCC2CC(N)=O)c(F)c1. The number of carbonyl (C=O) groups excluding carboxylic acids is 1. The van der Waals surface area contributed by atoms with Crippen molar-refractivity contribution >= 4 is 15.9 Å². The number of hydrogen-bond donors (Lipinski definition) is 1. The van der Waals surface area contributed by atoms with Crippen LogP contribution in [0.3, 0.4) is 0 Å². The first-order valence-corrected chi connectivity index (χ1v) is 8.32. The molecule has 1 saturated heterocycles. The second-order valence-electron chi connectivity index (χ2n) is 5.37. The van der Waals surface area contributed by atoms with Gasteiger partial charge < -0.3 is 5.73 Å². The van der Waals surface area contributed by atoms with Crippen molar-refractivity contribution < 1.29 is 17.6 Å². The molecule has 21 heavy (non-hydrogen) atoms. The number of rotatable bonds is 4. The molecular formula is C14H19FN2O3S. The zero-order valence-corrected chi connectivity index (χ0v) is 12.7. The smallest absolute Gasteiger partial charge is 0.246 e. The van der Waals surface area contributed by atoms with Crippen LogP contribution in [-0.4, -0.2) is 31.2 Å². The summed E-state index contributed by atoms with van der Waals surface area (Å²) in [5.41, 5.74) is 5.83. The number of hydrogen-bond acceptors (Lipinski definition) is 3. The van der Waals surface area contributed by atoms with E-state index in [9.17, 15) is 17.6 Å². The molecule has 1 fully saturated rings. The van der Waals surface area contributed by atoms with Gasteiger partial charge in [-0.3, -0.25) is 4.79 Å². The second-order valence-corrected chi connectivity index (χ2v) is 7.23. The lowest BCUT2D eigenvalue weighted by molar-refractivity contribution is -0.119. The molecule has 1 aromatic rings. The molecule has 1 unspecified atom stereocenters. The molecule has 0 spiro atoms. The molecule has 1 amide bonds. The van der Waals surface area contributed by atoms with Crippen LogP contribution in [0.5, 0.6) is 0 Å². The maximum atomic E-state index is 14.0. The fourth-order valence-corrected chi connectivity index (χ4v) is 4.41. The Labute approximate surface area is 124 Å². The Kier molecular flexibility index (Phi) is 4.63. The standard InChI is InChI=1S/C14H19FN2O3S/c1-10-5-6-13(12(15)8-10)21(19,20)17-7-3-2-4-11(17)9-14(16)18/h5-6,8,11H,2-4,7,9H2,1H3,(H2,16,18). The summed E-state index contributed by atoms with van der Waals surface area (Å²) in [6.07, 6.45) is 2.06. The number of primary amides is 1. The molecule has 1 heterocycles. The van der Waals surface area contributed by atoms with E-state index in [1.165, 1.54) is 16.4 Å². The summed E-state index contributed by atoms with van der Waals surface area (Å²) in [5, 5.41) is 0. The molecular weight excluding hydrogens is 295 g/mol. The van der Waals surface area contributed by atoms with Crippen LogP contribution in [0.15, 0.2) is 23.1 Å². The second kappa shape index (κ2) is 6.11. The van der Waals surface area contributed by atoms with Gasteiger partial charge >= 0.3 is 0 Å². The minimum absolute atomic E-state index is 0.0350. The number of sulfonamides is 1. The maximum Gasteiger partial charge on any atom is 0.246 e. The lowest BCUT2D eigenvalue weighted by Crippen LogP contribution is -2.45. The monoisotopic (exact) mass is 314 g/mol. The zero-order valence-electron chi connectivity index (χ0n) is 11.9. The Morgan fingerprint density at radius 2 is 2.14 bits per heavy atom. The third-order valence-electron chi connectivity index (χ3n) is 3.68. The van der Waals surface area contributed by atoms with Gasteiger partial charge in [0.15, 0.2) is 0 Å². The number of nitrogens with zero attached hydrogens (tertiary/aromatic N) is 1. The summed E-state index contributed by atoms with van der Waals surface area (Å²) in [5.74, 6) is -1.31. The van der Waals surface area contributed by atoms with Gasteiger partial charge in [0, 0.05) is 19.0 Å². The Hall–Kier alpha value is -1.47. The molecule has 2 rings (SSSR count). The molecule has 0 saturated carbocycles. The van der Waals surface area contributed by atoms with Crippen molar-refractivity contribution in [2.45, 2.75) is 43.5 Å². The van der Waals surface area contributed by atoms with Gasteiger partial charge in [-0.1, -0.05) is 12.5 Å². The number of halogens is 1. The van der Waals surface area contributed by atoms with Crippen molar-refractivity contribution in [3.63, 3.8) is 0 Å². The number of benzene rings is 1. The van der Waals surface area contributed by atoms with Crippen LogP contribution in [-0.2, 0) is 14.8 Å². The van der Waals surface area contributed by atoms with Gasteiger partial charge in [-0.05, 0) is 37.5 Å². The van der Waals surface area contributed by atoms with E-state index in [0.717, 1.165) is 6.42 Å². The lowest BCUT2D eigenvalue weighted by Gasteiger charge is -2.34. The van der Waals surface area contributed by atoms with Crippen molar-refractivity contribution in [1.82, 2.24) is 4.31 Å². The van der Waals surface area contributed by atoms with E-state index in [0.29, 0.717) is 18.4 Å². The number of piperidine rings is 1. The average Bonchev–Trinajstić information content (AvgIpc) is 2.37. The largest absolute Gasteiger partial charge is 0.370 e. The highest BCUT2D eigenvalue weighted by atomic mass is 32.2. The Morgan fingerprint density at radius 3 is 2.76 bits per heavy atom. The molecule has 0 aromatic heterocycles. The summed E-state index contributed by atoms with van der Waals surface area (Å²) in [6.45, 7) is 1.98. The van der Waals surface area contributed by atoms with E-state index >= 15 is 0 Å². The first kappa shape index (κ1) is 15.9. The van der Waals surface area contributed by atoms with Gasteiger partial charge in [-0.15, -0.1) is 0 Å². The van der Waals surface area contributed by atoms with Gasteiger partial charge in [-0.2, -0.15) is 4.31 Å². The van der Waals surface area contributed by atoms with Crippen LogP contribution in [0.1, 0.15) is 31.2 Å². The zero-order chi connectivity index (χ0) is 15.6. The number of amides is 1. The molecule has 1 aliphatic heterocycles. The van der Waals surface area contributed by atoms with Crippen LogP contribution >= 0.6 is 0 Å². The van der Waals surface area contributed by atoms with Crippen LogP contribution < -0.4 is 5.73 Å². The minimum Gasteiger partial charge on any atom is -0.370 e. The molecule has 1 aromatic carbocycles. The molecule has 1 aliphatic rings. The van der Waals surface area contributed by atoms with E-state index in [4.69, 9.17) is 5.73 Å². The van der Waals surface area contributed by atoms with Crippen molar-refractivity contribution in [1.29, 1.82) is 0 Å². The fourth-order valence-electron chi connectivity index (χ4n) is 2.67. The van der Waals surface area contributed by atoms with E-state index in [2.05, 4.69) is 0 Å². The number of nitrogens with two attached hydrogens (primary N) is 1. The molecule has 5 nitrogen and oxygen atoms in total. The molecule has 7 heteroatoms. The average molecular weight is 314 g/mol. The van der Waals surface area contributed by atoms with E-state index in [1.54, 1.807) is 13.0 Å². The van der Waals surface area contributed by atoms with Gasteiger partial charge in [0.2, 0.25) is 15.9 Å². The first-order valence-electron chi connectivity index (χ1n) is 6.88. The van der Waals surface area contributed by atoms with Crippen LogP contribution in [0.4, 0.5) is 4.39 Å². The Balaban J connectivity index is 2.38. The summed E-state index contributed by atoms with van der Waals surface area (Å²) in [4.78, 5) is 10.8. The molecule has 0 bridgehead atoms. The van der Waals surface area contributed by atoms with Gasteiger partial charge in [0.05, 0.1) is 0 Å². The van der Waals surface area contributed by atoms with Crippen LogP contribution in [0, 0.1) is 12.7 Å². The van der Waals surface area contributed by atoms with E-state index < -0.39 is 27.8 Å². The Bertz CT molecular complexity index is 646. The summed E-state index contributed by atoms with van der Waals surface area (Å²) in [6, 6.07) is 3.54. The molecule has 0 aliphatic carbocycles. The van der Waals surface area contributed by atoms with E-state index in [1.807, 2.05) is 0 Å². The fraction of sp³-hybridized carbons (Fsp3) is 0.500. The van der Waals surface area contributed by atoms with Crippen molar-refractivity contribution in [3.8, 4) is 0 Å². The predicted octanol–water partition coefficient (Wildman–Crippen LogP) is 1.55. The van der Waals surface area contributed by atoms with Crippen molar-refractivity contribution in [3.05, 3.63) is 29.6 Å². The summed E-state index contributed by atoms with van der Waals surface area (Å²) in [7, 11) is -3.95. The molecule has 0 radical (unpaired) electrons. The first-order chi connectivity index (χ1) is 9.82. The highest BCUT2D eigenvalue weighted by Crippen LogP contribution is 2.28. The highest BCUT2D eigenvalue weighted by Gasteiger charge is 2.35. The van der Waals surface area contributed by atoms with Gasteiger partial charge in [-0.25, -0.2) is 12.8 Å². The maximum absolute atomic E-state index is 14.0. The van der Waals surface area contributed by atoms with Gasteiger partial charge in [0.25, 0.3) is 0 Å². The minimum atomic E-state index is -3.95. The third kappa shape index (κ3) is 3.41. The summed E-state index contributed by atoms with van der Waals surface area (Å²) < 4.78 is 40.5. The number of aryl methyl sites for hydroxylation is 1. The Morgan fingerprint density at radius 1 is 1.43 bits per heavy atom. The molecule has 2 N–H and O–H groups in total. The molecule has 1 atom stereocenters. The van der Waals surface area contributed by atoms with Crippen molar-refractivity contribution in [2.75, 3.05) is 6.54 Å². The van der Waals surface area contributed by atoms with E-state index in [-0.39, 0.29) is 17.9 Å². The molecule has 116 valence electrons. The normalized spacial score (nSPS) is 20.4. The predicted molar refractivity (Wildman–Crippen MR) is 76.5 cm³/mol. The van der Waals surface area contributed by atoms with Crippen LogP contribution in [0.2, 0.25) is 0 Å². The quantitative estimate of drug-likeness (QED) is 0.915. The highest BCUT2D eigenvalue weighted by molar-refractivity contribution is 7.89. The topological polar surface area (TPSA) is 80.5 Å². The number of carbonyl (C=O) groups is 1. The van der Waals surface area contributed by atoms with Crippen molar-refractivity contribution in [2.24, 2.45) is 5.73 Å². The van der Waals surface area contributed by atoms with Gasteiger partial charge in [0.1, 0.15) is 10.7 Å². The summed E-state index contributed by atoms with van der Waals surface area (Å²) >= 11 is 0. The van der Waals surface area contributed by atoms with Crippen LogP contribution in [0.25, 0.3) is 0 Å². The lowest BCUT2D eigenvalue weighted by atomic mass is 10.0.